The lowest BCUT2D eigenvalue weighted by atomic mass is 9.87. The third kappa shape index (κ3) is 4.45. The lowest BCUT2D eigenvalue weighted by Gasteiger charge is -2.19. The summed E-state index contributed by atoms with van der Waals surface area (Å²) >= 11 is 0. The van der Waals surface area contributed by atoms with E-state index in [0.717, 1.165) is 35.1 Å². The van der Waals surface area contributed by atoms with E-state index in [2.05, 4.69) is 48.2 Å². The van der Waals surface area contributed by atoms with Crippen LogP contribution in [0.2, 0.25) is 0 Å². The minimum Gasteiger partial charge on any atom is -0.332 e. The molecule has 3 aromatic rings. The Bertz CT molecular complexity index is 1050. The van der Waals surface area contributed by atoms with E-state index in [1.165, 1.54) is 0 Å². The van der Waals surface area contributed by atoms with Crippen molar-refractivity contribution in [2.75, 3.05) is 6.54 Å². The molecule has 0 aliphatic heterocycles. The predicted molar refractivity (Wildman–Crippen MR) is 114 cm³/mol. The molecule has 0 saturated heterocycles. The number of sulfonamides is 1. The van der Waals surface area contributed by atoms with Crippen molar-refractivity contribution in [1.82, 2.24) is 14.3 Å². The van der Waals surface area contributed by atoms with Crippen LogP contribution in [0.4, 0.5) is 0 Å². The van der Waals surface area contributed by atoms with Gasteiger partial charge in [-0.1, -0.05) is 39.8 Å². The fourth-order valence-corrected chi connectivity index (χ4v) is 4.38. The number of aryl methyl sites for hydroxylation is 1. The lowest BCUT2D eigenvalue weighted by Crippen LogP contribution is -2.26. The van der Waals surface area contributed by atoms with Crippen LogP contribution >= 0.6 is 0 Å². The SMILES string of the molecule is CCCn1cc(CCNS(=O)(=O)c2ccc(C(C)(C)C)cc2)c2cccnc21. The number of fused-ring (bicyclic) bond motifs is 1. The first-order valence-corrected chi connectivity index (χ1v) is 11.2. The number of rotatable bonds is 7. The summed E-state index contributed by atoms with van der Waals surface area (Å²) in [7, 11) is -3.52. The molecule has 0 unspecified atom stereocenters. The monoisotopic (exact) mass is 399 g/mol. The minimum atomic E-state index is -3.52. The Balaban J connectivity index is 1.71. The largest absolute Gasteiger partial charge is 0.332 e. The number of nitrogens with one attached hydrogen (secondary N) is 1. The maximum atomic E-state index is 12.6. The van der Waals surface area contributed by atoms with Crippen LogP contribution in [0.1, 0.15) is 45.2 Å². The van der Waals surface area contributed by atoms with E-state index < -0.39 is 10.0 Å². The number of aromatic nitrogens is 2. The second-order valence-corrected chi connectivity index (χ2v) is 9.91. The molecular weight excluding hydrogens is 370 g/mol. The summed E-state index contributed by atoms with van der Waals surface area (Å²) in [4.78, 5) is 4.78. The van der Waals surface area contributed by atoms with Crippen molar-refractivity contribution in [3.8, 4) is 0 Å². The lowest BCUT2D eigenvalue weighted by molar-refractivity contribution is 0.578. The Kier molecular flexibility index (Phi) is 5.91. The summed E-state index contributed by atoms with van der Waals surface area (Å²) in [6.45, 7) is 9.71. The van der Waals surface area contributed by atoms with Crippen LogP contribution in [0, 0.1) is 0 Å². The molecule has 0 saturated carbocycles. The van der Waals surface area contributed by atoms with Crippen LogP contribution in [0.25, 0.3) is 11.0 Å². The zero-order valence-corrected chi connectivity index (χ0v) is 17.9. The van der Waals surface area contributed by atoms with Gasteiger partial charge in [0.1, 0.15) is 5.65 Å². The maximum absolute atomic E-state index is 12.6. The van der Waals surface area contributed by atoms with Crippen LogP contribution in [0.5, 0.6) is 0 Å². The quantitative estimate of drug-likeness (QED) is 0.645. The Morgan fingerprint density at radius 2 is 1.82 bits per heavy atom. The van der Waals surface area contributed by atoms with Crippen molar-refractivity contribution in [1.29, 1.82) is 0 Å². The van der Waals surface area contributed by atoms with Crippen molar-refractivity contribution in [2.45, 2.75) is 57.4 Å². The molecule has 2 aromatic heterocycles. The van der Waals surface area contributed by atoms with Crippen LogP contribution in [0.3, 0.4) is 0 Å². The van der Waals surface area contributed by atoms with Crippen LogP contribution in [-0.2, 0) is 28.4 Å². The molecule has 0 bridgehead atoms. The molecule has 28 heavy (non-hydrogen) atoms. The molecule has 6 heteroatoms. The zero-order chi connectivity index (χ0) is 20.4. The molecule has 0 radical (unpaired) electrons. The molecule has 1 N–H and O–H groups in total. The topological polar surface area (TPSA) is 64.0 Å². The second-order valence-electron chi connectivity index (χ2n) is 8.14. The molecule has 0 amide bonds. The highest BCUT2D eigenvalue weighted by Gasteiger charge is 2.17. The molecule has 0 aliphatic rings. The predicted octanol–water partition coefficient (Wildman–Crippen LogP) is 4.26. The highest BCUT2D eigenvalue weighted by molar-refractivity contribution is 7.89. The van der Waals surface area contributed by atoms with Gasteiger partial charge in [-0.05, 0) is 53.6 Å². The Labute approximate surface area is 167 Å². The highest BCUT2D eigenvalue weighted by Crippen LogP contribution is 2.24. The zero-order valence-electron chi connectivity index (χ0n) is 17.1. The molecule has 3 rings (SSSR count). The van der Waals surface area contributed by atoms with E-state index in [-0.39, 0.29) is 5.41 Å². The average molecular weight is 400 g/mol. The number of pyridine rings is 1. The van der Waals surface area contributed by atoms with Gasteiger partial charge in [0.15, 0.2) is 0 Å². The van der Waals surface area contributed by atoms with Gasteiger partial charge in [-0.25, -0.2) is 18.1 Å². The molecule has 150 valence electrons. The van der Waals surface area contributed by atoms with Crippen LogP contribution < -0.4 is 4.72 Å². The summed E-state index contributed by atoms with van der Waals surface area (Å²) in [6, 6.07) is 11.1. The van der Waals surface area contributed by atoms with Gasteiger partial charge < -0.3 is 4.57 Å². The van der Waals surface area contributed by atoms with Crippen molar-refractivity contribution >= 4 is 21.1 Å². The maximum Gasteiger partial charge on any atom is 0.240 e. The fraction of sp³-hybridized carbons (Fsp3) is 0.409. The minimum absolute atomic E-state index is 0.00351. The van der Waals surface area contributed by atoms with E-state index in [9.17, 15) is 8.42 Å². The van der Waals surface area contributed by atoms with Gasteiger partial charge in [0.05, 0.1) is 4.90 Å². The van der Waals surface area contributed by atoms with Crippen LogP contribution in [-0.4, -0.2) is 24.5 Å². The average Bonchev–Trinajstić information content (AvgIpc) is 2.99. The van der Waals surface area contributed by atoms with Gasteiger partial charge in [0.2, 0.25) is 10.0 Å². The third-order valence-corrected chi connectivity index (χ3v) is 6.37. The molecule has 0 fully saturated rings. The molecule has 2 heterocycles. The molecule has 5 nitrogen and oxygen atoms in total. The van der Waals surface area contributed by atoms with Gasteiger partial charge in [-0.15, -0.1) is 0 Å². The van der Waals surface area contributed by atoms with Crippen molar-refractivity contribution in [3.05, 3.63) is 59.9 Å². The summed E-state index contributed by atoms with van der Waals surface area (Å²) in [5, 5.41) is 1.09. The molecule has 0 atom stereocenters. The Hall–Kier alpha value is -2.18. The van der Waals surface area contributed by atoms with Gasteiger partial charge in [0, 0.05) is 30.9 Å². The molecule has 0 spiro atoms. The number of benzene rings is 1. The summed E-state index contributed by atoms with van der Waals surface area (Å²) in [5.74, 6) is 0. The Morgan fingerprint density at radius 1 is 1.11 bits per heavy atom. The first-order chi connectivity index (χ1) is 13.2. The normalized spacial score (nSPS) is 12.6. The number of hydrogen-bond acceptors (Lipinski definition) is 3. The molecule has 1 aromatic carbocycles. The highest BCUT2D eigenvalue weighted by atomic mass is 32.2. The van der Waals surface area contributed by atoms with Crippen molar-refractivity contribution in [2.24, 2.45) is 0 Å². The third-order valence-electron chi connectivity index (χ3n) is 4.90. The standard InChI is InChI=1S/C22H29N3O2S/c1-5-15-25-16-17(20-7-6-13-23-21(20)25)12-14-24-28(26,27)19-10-8-18(9-11-19)22(2,3)4/h6-11,13,16,24H,5,12,14-15H2,1-4H3. The summed E-state index contributed by atoms with van der Waals surface area (Å²) in [5.41, 5.74) is 3.18. The van der Waals surface area contributed by atoms with Crippen molar-refractivity contribution in [3.63, 3.8) is 0 Å². The molecule has 0 aliphatic carbocycles. The van der Waals surface area contributed by atoms with E-state index in [0.29, 0.717) is 17.9 Å². The second kappa shape index (κ2) is 8.05. The molecular formula is C22H29N3O2S. The summed E-state index contributed by atoms with van der Waals surface area (Å²) < 4.78 is 30.1. The van der Waals surface area contributed by atoms with Gasteiger partial charge in [-0.3, -0.25) is 0 Å². The van der Waals surface area contributed by atoms with Crippen molar-refractivity contribution < 1.29 is 8.42 Å². The van der Waals surface area contributed by atoms with Gasteiger partial charge in [-0.2, -0.15) is 0 Å². The van der Waals surface area contributed by atoms with E-state index in [1.54, 1.807) is 18.3 Å². The number of hydrogen-bond donors (Lipinski definition) is 1. The first-order valence-electron chi connectivity index (χ1n) is 9.75. The smallest absolute Gasteiger partial charge is 0.240 e. The summed E-state index contributed by atoms with van der Waals surface area (Å²) in [6.07, 6.45) is 5.53. The number of nitrogens with zero attached hydrogens (tertiary/aromatic N) is 2. The van der Waals surface area contributed by atoms with Gasteiger partial charge >= 0.3 is 0 Å². The van der Waals surface area contributed by atoms with E-state index in [1.807, 2.05) is 24.3 Å². The van der Waals surface area contributed by atoms with E-state index >= 15 is 0 Å². The first kappa shape index (κ1) is 20.6. The fourth-order valence-electron chi connectivity index (χ4n) is 3.34. The van der Waals surface area contributed by atoms with Gasteiger partial charge in [0.25, 0.3) is 0 Å². The van der Waals surface area contributed by atoms with Crippen LogP contribution in [0.15, 0.2) is 53.7 Å². The Morgan fingerprint density at radius 3 is 2.46 bits per heavy atom. The van der Waals surface area contributed by atoms with E-state index in [4.69, 9.17) is 0 Å².